The largest absolute Gasteiger partial charge is 0.372 e. The van der Waals surface area contributed by atoms with Gasteiger partial charge in [-0.3, -0.25) is 9.59 Å². The highest BCUT2D eigenvalue weighted by Gasteiger charge is 2.35. The lowest BCUT2D eigenvalue weighted by Crippen LogP contribution is -2.59. The standard InChI is InChI=1S/C19H26N2O3/c22-17-13-20(19(24)16-9-5-2-6-10-16)14-18(23)21(17)12-11-15-7-3-1-4-8-15/h1,3-4,7-8,16-17,22H,2,5-6,9-14H2/t17-/m1/s1. The summed E-state index contributed by atoms with van der Waals surface area (Å²) in [6.45, 7) is 0.812. The Bertz CT molecular complexity index is 569. The van der Waals surface area contributed by atoms with Crippen LogP contribution < -0.4 is 0 Å². The van der Waals surface area contributed by atoms with E-state index in [4.69, 9.17) is 0 Å². The van der Waals surface area contributed by atoms with Gasteiger partial charge < -0.3 is 14.9 Å². The number of hydrogen-bond donors (Lipinski definition) is 1. The zero-order valence-corrected chi connectivity index (χ0v) is 14.1. The van der Waals surface area contributed by atoms with Crippen LogP contribution in [-0.2, 0) is 16.0 Å². The quantitative estimate of drug-likeness (QED) is 0.916. The fourth-order valence-corrected chi connectivity index (χ4v) is 3.72. The Morgan fingerprint density at radius 3 is 2.50 bits per heavy atom. The third-order valence-electron chi connectivity index (χ3n) is 5.14. The van der Waals surface area contributed by atoms with Crippen LogP contribution in [0.2, 0.25) is 0 Å². The monoisotopic (exact) mass is 330 g/mol. The lowest BCUT2D eigenvalue weighted by Gasteiger charge is -2.40. The van der Waals surface area contributed by atoms with Crippen molar-refractivity contribution in [2.45, 2.75) is 44.8 Å². The maximum absolute atomic E-state index is 12.6. The van der Waals surface area contributed by atoms with Gasteiger partial charge in [0.25, 0.3) is 0 Å². The Kier molecular flexibility index (Phi) is 5.51. The predicted molar refractivity (Wildman–Crippen MR) is 91.0 cm³/mol. The molecule has 2 aliphatic rings. The molecule has 130 valence electrons. The highest BCUT2D eigenvalue weighted by Crippen LogP contribution is 2.26. The van der Waals surface area contributed by atoms with Crippen molar-refractivity contribution in [1.29, 1.82) is 0 Å². The van der Waals surface area contributed by atoms with Crippen molar-refractivity contribution in [1.82, 2.24) is 9.80 Å². The molecule has 5 nitrogen and oxygen atoms in total. The second-order valence-corrected chi connectivity index (χ2v) is 6.86. The highest BCUT2D eigenvalue weighted by molar-refractivity contribution is 5.87. The molecule has 1 atom stereocenters. The van der Waals surface area contributed by atoms with Crippen LogP contribution in [0, 0.1) is 5.92 Å². The summed E-state index contributed by atoms with van der Waals surface area (Å²) in [4.78, 5) is 28.0. The van der Waals surface area contributed by atoms with Gasteiger partial charge in [-0.25, -0.2) is 0 Å². The molecule has 1 saturated heterocycles. The molecular weight excluding hydrogens is 304 g/mol. The zero-order chi connectivity index (χ0) is 16.9. The van der Waals surface area contributed by atoms with Gasteiger partial charge >= 0.3 is 0 Å². The maximum Gasteiger partial charge on any atom is 0.244 e. The van der Waals surface area contributed by atoms with Gasteiger partial charge in [0.05, 0.1) is 13.1 Å². The number of β-amino-alcohol motifs (C(OH)–C–C–N with tert-alkyl or cyclic N) is 1. The smallest absolute Gasteiger partial charge is 0.244 e. The Balaban J connectivity index is 1.55. The first-order chi connectivity index (χ1) is 11.6. The highest BCUT2D eigenvalue weighted by atomic mass is 16.3. The lowest BCUT2D eigenvalue weighted by molar-refractivity contribution is -0.161. The molecule has 5 heteroatoms. The van der Waals surface area contributed by atoms with Crippen LogP contribution in [0.15, 0.2) is 30.3 Å². The Hall–Kier alpha value is -1.88. The normalized spacial score (nSPS) is 22.7. The van der Waals surface area contributed by atoms with Gasteiger partial charge in [-0.1, -0.05) is 49.6 Å². The molecular formula is C19H26N2O3. The van der Waals surface area contributed by atoms with Gasteiger partial charge in [-0.05, 0) is 24.8 Å². The summed E-state index contributed by atoms with van der Waals surface area (Å²) < 4.78 is 0. The number of benzene rings is 1. The van der Waals surface area contributed by atoms with E-state index in [0.29, 0.717) is 13.0 Å². The van der Waals surface area contributed by atoms with E-state index in [2.05, 4.69) is 0 Å². The first kappa shape index (κ1) is 17.0. The topological polar surface area (TPSA) is 60.9 Å². The molecule has 0 bridgehead atoms. The number of aliphatic hydroxyl groups is 1. The number of amides is 2. The number of hydrogen-bond acceptors (Lipinski definition) is 3. The van der Waals surface area contributed by atoms with Crippen molar-refractivity contribution in [3.05, 3.63) is 35.9 Å². The van der Waals surface area contributed by atoms with Crippen molar-refractivity contribution in [3.8, 4) is 0 Å². The van der Waals surface area contributed by atoms with Gasteiger partial charge in [-0.15, -0.1) is 0 Å². The minimum absolute atomic E-state index is 0.0367. The Morgan fingerprint density at radius 1 is 1.12 bits per heavy atom. The molecule has 1 aliphatic carbocycles. The molecule has 2 fully saturated rings. The van der Waals surface area contributed by atoms with E-state index in [9.17, 15) is 14.7 Å². The first-order valence-electron chi connectivity index (χ1n) is 8.95. The summed E-state index contributed by atoms with van der Waals surface area (Å²) in [5, 5.41) is 10.3. The van der Waals surface area contributed by atoms with Crippen molar-refractivity contribution in [2.75, 3.05) is 19.6 Å². The number of rotatable bonds is 4. The van der Waals surface area contributed by atoms with Gasteiger partial charge in [0.1, 0.15) is 6.23 Å². The number of carbonyl (C=O) groups excluding carboxylic acids is 2. The maximum atomic E-state index is 12.6. The van der Waals surface area contributed by atoms with Crippen LogP contribution in [0.5, 0.6) is 0 Å². The minimum Gasteiger partial charge on any atom is -0.372 e. The third kappa shape index (κ3) is 3.96. The molecule has 1 aliphatic heterocycles. The van der Waals surface area contributed by atoms with E-state index in [-0.39, 0.29) is 30.8 Å². The molecule has 1 saturated carbocycles. The van der Waals surface area contributed by atoms with E-state index >= 15 is 0 Å². The molecule has 0 aromatic heterocycles. The lowest BCUT2D eigenvalue weighted by atomic mass is 9.88. The van der Waals surface area contributed by atoms with Crippen LogP contribution >= 0.6 is 0 Å². The number of carbonyl (C=O) groups is 2. The fraction of sp³-hybridized carbons (Fsp3) is 0.579. The fourth-order valence-electron chi connectivity index (χ4n) is 3.72. The Morgan fingerprint density at radius 2 is 1.83 bits per heavy atom. The van der Waals surface area contributed by atoms with E-state index in [1.165, 1.54) is 11.3 Å². The molecule has 2 amide bonds. The van der Waals surface area contributed by atoms with E-state index in [1.54, 1.807) is 4.90 Å². The molecule has 1 heterocycles. The summed E-state index contributed by atoms with van der Waals surface area (Å²) >= 11 is 0. The van der Waals surface area contributed by atoms with Crippen molar-refractivity contribution in [3.63, 3.8) is 0 Å². The first-order valence-corrected chi connectivity index (χ1v) is 8.95. The summed E-state index contributed by atoms with van der Waals surface area (Å²) in [5.41, 5.74) is 1.14. The number of nitrogens with zero attached hydrogens (tertiary/aromatic N) is 2. The number of piperazine rings is 1. The van der Waals surface area contributed by atoms with E-state index in [1.807, 2.05) is 30.3 Å². The van der Waals surface area contributed by atoms with Crippen LogP contribution in [0.4, 0.5) is 0 Å². The molecule has 1 N–H and O–H groups in total. The Labute approximate surface area is 143 Å². The average Bonchev–Trinajstić information content (AvgIpc) is 2.62. The summed E-state index contributed by atoms with van der Waals surface area (Å²) in [7, 11) is 0. The van der Waals surface area contributed by atoms with Crippen molar-refractivity contribution >= 4 is 11.8 Å². The molecule has 24 heavy (non-hydrogen) atoms. The van der Waals surface area contributed by atoms with Crippen LogP contribution in [0.3, 0.4) is 0 Å². The van der Waals surface area contributed by atoms with Crippen molar-refractivity contribution < 1.29 is 14.7 Å². The second-order valence-electron chi connectivity index (χ2n) is 6.86. The average molecular weight is 330 g/mol. The number of aliphatic hydroxyl groups excluding tert-OH is 1. The summed E-state index contributed by atoms with van der Waals surface area (Å²) in [6.07, 6.45) is 5.00. The van der Waals surface area contributed by atoms with Gasteiger partial charge in [0.15, 0.2) is 0 Å². The molecule has 0 spiro atoms. The molecule has 0 radical (unpaired) electrons. The molecule has 1 aromatic carbocycles. The third-order valence-corrected chi connectivity index (χ3v) is 5.14. The second kappa shape index (κ2) is 7.79. The van der Waals surface area contributed by atoms with E-state index in [0.717, 1.165) is 31.2 Å². The van der Waals surface area contributed by atoms with Crippen LogP contribution in [-0.4, -0.2) is 52.6 Å². The summed E-state index contributed by atoms with van der Waals surface area (Å²) in [6, 6.07) is 9.92. The predicted octanol–water partition coefficient (Wildman–Crippen LogP) is 1.80. The van der Waals surface area contributed by atoms with Crippen LogP contribution in [0.1, 0.15) is 37.7 Å². The van der Waals surface area contributed by atoms with E-state index < -0.39 is 6.23 Å². The van der Waals surface area contributed by atoms with Gasteiger partial charge in [0, 0.05) is 12.5 Å². The van der Waals surface area contributed by atoms with Crippen molar-refractivity contribution in [2.24, 2.45) is 5.92 Å². The molecule has 1 aromatic rings. The van der Waals surface area contributed by atoms with Crippen LogP contribution in [0.25, 0.3) is 0 Å². The zero-order valence-electron chi connectivity index (χ0n) is 14.1. The molecule has 3 rings (SSSR count). The minimum atomic E-state index is -0.900. The molecule has 0 unspecified atom stereocenters. The SMILES string of the molecule is O=C(C1CCCCC1)N1CC(=O)N(CCc2ccccc2)[C@H](O)C1. The van der Waals surface area contributed by atoms with Gasteiger partial charge in [-0.2, -0.15) is 0 Å². The summed E-state index contributed by atoms with van der Waals surface area (Å²) in [5.74, 6) is -0.0757. The van der Waals surface area contributed by atoms with Gasteiger partial charge in [0.2, 0.25) is 11.8 Å².